The van der Waals surface area contributed by atoms with Gasteiger partial charge in [0, 0.05) is 13.7 Å². The molecule has 0 nitrogen and oxygen atoms in total. The zero-order chi connectivity index (χ0) is 8.72. The Hall–Kier alpha value is 0.680. The van der Waals surface area contributed by atoms with Crippen molar-refractivity contribution >= 4 is 71.5 Å². The van der Waals surface area contributed by atoms with Gasteiger partial charge in [0.25, 0.3) is 0 Å². The van der Waals surface area contributed by atoms with E-state index in [1.165, 1.54) is 4.70 Å². The first-order chi connectivity index (χ1) is 5.68. The molecule has 1 aromatic heterocycles. The van der Waals surface area contributed by atoms with Gasteiger partial charge in [0.15, 0.2) is 0 Å². The molecule has 2 rings (SSSR count). The molecule has 0 aliphatic rings. The van der Waals surface area contributed by atoms with Gasteiger partial charge in [-0.2, -0.15) is 0 Å². The molecule has 0 radical (unpaired) electrons. The average molecular weight is 373 g/mol. The van der Waals surface area contributed by atoms with Crippen LogP contribution in [0.25, 0.3) is 10.1 Å². The molecular formula is C8H3BrClIS. The second-order valence-corrected chi connectivity index (χ2v) is 6.33. The number of hydrogen-bond donors (Lipinski definition) is 0. The fraction of sp³-hybridized carbons (Fsp3) is 0. The Bertz CT molecular complexity index is 438. The first-order valence-corrected chi connectivity index (χ1v) is 6.28. The lowest BCUT2D eigenvalue weighted by Crippen LogP contribution is -1.72. The lowest BCUT2D eigenvalue weighted by molar-refractivity contribution is 1.75. The summed E-state index contributed by atoms with van der Waals surface area (Å²) < 4.78 is 3.46. The van der Waals surface area contributed by atoms with Crippen LogP contribution in [0.5, 0.6) is 0 Å². The predicted molar refractivity (Wildman–Crippen MR) is 67.3 cm³/mol. The third-order valence-corrected chi connectivity index (χ3v) is 4.79. The van der Waals surface area contributed by atoms with Crippen molar-refractivity contribution in [2.45, 2.75) is 0 Å². The van der Waals surface area contributed by atoms with Gasteiger partial charge < -0.3 is 0 Å². The summed E-state index contributed by atoms with van der Waals surface area (Å²) in [6.45, 7) is 0. The average Bonchev–Trinajstić information content (AvgIpc) is 2.39. The van der Waals surface area contributed by atoms with Crippen LogP contribution in [0.3, 0.4) is 0 Å². The first-order valence-electron chi connectivity index (χ1n) is 3.21. The molecule has 0 saturated heterocycles. The largest absolute Gasteiger partial charge is 0.128 e. The van der Waals surface area contributed by atoms with Crippen LogP contribution in [0.2, 0.25) is 5.02 Å². The van der Waals surface area contributed by atoms with Crippen LogP contribution in [-0.2, 0) is 0 Å². The Balaban J connectivity index is 2.89. The summed E-state index contributed by atoms with van der Waals surface area (Å²) in [6, 6.07) is 6.19. The maximum Gasteiger partial charge on any atom is 0.0711 e. The van der Waals surface area contributed by atoms with Gasteiger partial charge in [-0.3, -0.25) is 0 Å². The maximum absolute atomic E-state index is 6.12. The molecule has 0 unspecified atom stereocenters. The van der Waals surface area contributed by atoms with Crippen molar-refractivity contribution in [3.63, 3.8) is 0 Å². The maximum atomic E-state index is 6.12. The lowest BCUT2D eigenvalue weighted by Gasteiger charge is -1.95. The van der Waals surface area contributed by atoms with Gasteiger partial charge in [-0.05, 0) is 56.7 Å². The third kappa shape index (κ3) is 1.52. The van der Waals surface area contributed by atoms with Gasteiger partial charge in [0.1, 0.15) is 0 Å². The van der Waals surface area contributed by atoms with Crippen molar-refractivity contribution in [2.75, 3.05) is 0 Å². The van der Waals surface area contributed by atoms with Crippen LogP contribution in [0.1, 0.15) is 0 Å². The Kier molecular flexibility index (Phi) is 2.65. The summed E-state index contributed by atoms with van der Waals surface area (Å²) >= 11 is 13.5. The van der Waals surface area contributed by atoms with E-state index in [1.807, 2.05) is 6.07 Å². The summed E-state index contributed by atoms with van der Waals surface area (Å²) in [6.07, 6.45) is 0. The van der Waals surface area contributed by atoms with Gasteiger partial charge in [-0.15, -0.1) is 11.3 Å². The predicted octanol–water partition coefficient (Wildman–Crippen LogP) is 4.92. The van der Waals surface area contributed by atoms with E-state index in [9.17, 15) is 0 Å². The smallest absolute Gasteiger partial charge is 0.0711 e. The minimum Gasteiger partial charge on any atom is -0.128 e. The summed E-state index contributed by atoms with van der Waals surface area (Å²) in [5.74, 6) is 0. The van der Waals surface area contributed by atoms with Gasteiger partial charge >= 0.3 is 0 Å². The summed E-state index contributed by atoms with van der Waals surface area (Å²) in [5.41, 5.74) is 0. The SMILES string of the molecule is Clc1c(I)ccc2sc(Br)cc12. The highest BCUT2D eigenvalue weighted by Gasteiger charge is 2.05. The minimum atomic E-state index is 0.857. The van der Waals surface area contributed by atoms with Crippen LogP contribution < -0.4 is 0 Å². The van der Waals surface area contributed by atoms with E-state index in [2.05, 4.69) is 50.7 Å². The molecule has 0 aliphatic heterocycles. The van der Waals surface area contributed by atoms with E-state index in [0.717, 1.165) is 17.8 Å². The standard InChI is InChI=1S/C8H3BrClIS/c9-7-3-4-6(12-7)2-1-5(11)8(4)10/h1-3H. The number of fused-ring (bicyclic) bond motifs is 1. The second kappa shape index (κ2) is 3.44. The van der Waals surface area contributed by atoms with E-state index in [0.29, 0.717) is 0 Å². The zero-order valence-electron chi connectivity index (χ0n) is 5.77. The number of benzene rings is 1. The summed E-state index contributed by atoms with van der Waals surface area (Å²) in [5, 5.41) is 2.00. The molecule has 1 aromatic carbocycles. The Morgan fingerprint density at radius 2 is 2.17 bits per heavy atom. The topological polar surface area (TPSA) is 0 Å². The van der Waals surface area contributed by atoms with Gasteiger partial charge in [0.2, 0.25) is 0 Å². The molecule has 1 heterocycles. The molecule has 0 atom stereocenters. The molecule has 0 spiro atoms. The molecule has 2 aromatic rings. The van der Waals surface area contributed by atoms with Gasteiger partial charge in [0.05, 0.1) is 8.81 Å². The van der Waals surface area contributed by atoms with Gasteiger partial charge in [-0.25, -0.2) is 0 Å². The Labute approximate surface area is 101 Å². The van der Waals surface area contributed by atoms with Crippen LogP contribution in [0.4, 0.5) is 0 Å². The number of halogens is 3. The van der Waals surface area contributed by atoms with Crippen molar-refractivity contribution in [1.82, 2.24) is 0 Å². The zero-order valence-corrected chi connectivity index (χ0v) is 11.1. The highest BCUT2D eigenvalue weighted by atomic mass is 127. The monoisotopic (exact) mass is 372 g/mol. The van der Waals surface area contributed by atoms with Gasteiger partial charge in [-0.1, -0.05) is 11.6 Å². The first kappa shape index (κ1) is 9.24. The normalized spacial score (nSPS) is 10.9. The fourth-order valence-electron chi connectivity index (χ4n) is 1.02. The van der Waals surface area contributed by atoms with Crippen molar-refractivity contribution < 1.29 is 0 Å². The summed E-state index contributed by atoms with van der Waals surface area (Å²) in [7, 11) is 0. The summed E-state index contributed by atoms with van der Waals surface area (Å²) in [4.78, 5) is 0. The van der Waals surface area contributed by atoms with Crippen molar-refractivity contribution in [2.24, 2.45) is 0 Å². The molecule has 0 fully saturated rings. The molecule has 0 bridgehead atoms. The van der Waals surface area contributed by atoms with Crippen LogP contribution in [0.15, 0.2) is 22.0 Å². The number of thiophene rings is 1. The Morgan fingerprint density at radius 3 is 2.92 bits per heavy atom. The van der Waals surface area contributed by atoms with E-state index in [4.69, 9.17) is 11.6 Å². The van der Waals surface area contributed by atoms with E-state index >= 15 is 0 Å². The molecule has 62 valence electrons. The van der Waals surface area contributed by atoms with E-state index < -0.39 is 0 Å². The molecule has 0 saturated carbocycles. The van der Waals surface area contributed by atoms with E-state index in [-0.39, 0.29) is 0 Å². The van der Waals surface area contributed by atoms with Crippen LogP contribution in [-0.4, -0.2) is 0 Å². The quantitative estimate of drug-likeness (QED) is 0.575. The molecule has 0 aliphatic carbocycles. The highest BCUT2D eigenvalue weighted by molar-refractivity contribution is 14.1. The minimum absolute atomic E-state index is 0.857. The highest BCUT2D eigenvalue weighted by Crippen LogP contribution is 2.36. The molecule has 12 heavy (non-hydrogen) atoms. The van der Waals surface area contributed by atoms with Crippen LogP contribution in [0, 0.1) is 3.57 Å². The fourth-order valence-corrected chi connectivity index (χ4v) is 3.31. The van der Waals surface area contributed by atoms with E-state index in [1.54, 1.807) is 11.3 Å². The molecular weight excluding hydrogens is 370 g/mol. The van der Waals surface area contributed by atoms with Crippen molar-refractivity contribution in [3.05, 3.63) is 30.6 Å². The van der Waals surface area contributed by atoms with Crippen molar-refractivity contribution in [1.29, 1.82) is 0 Å². The number of rotatable bonds is 0. The molecule has 0 amide bonds. The second-order valence-electron chi connectivity index (χ2n) is 2.32. The van der Waals surface area contributed by atoms with Crippen molar-refractivity contribution in [3.8, 4) is 0 Å². The number of hydrogen-bond acceptors (Lipinski definition) is 1. The van der Waals surface area contributed by atoms with Crippen LogP contribution >= 0.6 is 61.5 Å². The Morgan fingerprint density at radius 1 is 1.42 bits per heavy atom. The molecule has 0 N–H and O–H groups in total. The third-order valence-electron chi connectivity index (χ3n) is 1.56. The lowest BCUT2D eigenvalue weighted by atomic mass is 10.3. The molecule has 4 heteroatoms.